The first-order chi connectivity index (χ1) is 16.9. The lowest BCUT2D eigenvalue weighted by atomic mass is 10.0. The predicted octanol–water partition coefficient (Wildman–Crippen LogP) is 3.27. The van der Waals surface area contributed by atoms with Crippen molar-refractivity contribution in [1.29, 1.82) is 0 Å². The van der Waals surface area contributed by atoms with Gasteiger partial charge in [0.25, 0.3) is 0 Å². The monoisotopic (exact) mass is 556 g/mol. The van der Waals surface area contributed by atoms with Gasteiger partial charge in [-0.2, -0.15) is 8.81 Å². The third-order valence-electron chi connectivity index (χ3n) is 5.66. The number of nitrogens with zero attached hydrogens (tertiary/aromatic N) is 4. The van der Waals surface area contributed by atoms with Crippen molar-refractivity contribution in [3.63, 3.8) is 0 Å². The number of pyridine rings is 1. The Balaban J connectivity index is 1.81. The zero-order chi connectivity index (χ0) is 27.8. The topological polar surface area (TPSA) is 153 Å². The molecule has 0 aromatic carbocycles. The summed E-state index contributed by atoms with van der Waals surface area (Å²) in [6.45, 7) is 9.79. The molecule has 2 atom stereocenters. The Morgan fingerprint density at radius 3 is 2.30 bits per heavy atom. The van der Waals surface area contributed by atoms with E-state index in [4.69, 9.17) is 9.84 Å². The first-order valence-electron chi connectivity index (χ1n) is 12.0. The molecule has 1 aliphatic carbocycles. The summed E-state index contributed by atoms with van der Waals surface area (Å²) in [5, 5.41) is 10.8. The van der Waals surface area contributed by atoms with Gasteiger partial charge in [-0.25, -0.2) is 31.3 Å². The van der Waals surface area contributed by atoms with Crippen LogP contribution in [-0.2, 0) is 30.3 Å². The van der Waals surface area contributed by atoms with E-state index in [1.807, 2.05) is 45.4 Å². The SMILES string of the molecule is CC(C)NC(=O)O[C@@H]1CC[C@H](c2cc(Nc3ccc(N(S(C)(=O)=O)S(C)(=O)=O)cn3)n(C(C)(C)C)n2)C1. The van der Waals surface area contributed by atoms with E-state index in [1.165, 1.54) is 18.3 Å². The van der Waals surface area contributed by atoms with Crippen LogP contribution in [-0.4, -0.2) is 62.4 Å². The summed E-state index contributed by atoms with van der Waals surface area (Å²) in [6, 6.07) is 4.81. The van der Waals surface area contributed by atoms with Gasteiger partial charge in [-0.1, -0.05) is 0 Å². The van der Waals surface area contributed by atoms with Crippen molar-refractivity contribution in [1.82, 2.24) is 20.1 Å². The summed E-state index contributed by atoms with van der Waals surface area (Å²) < 4.78 is 55.8. The fraction of sp³-hybridized carbons (Fsp3) is 0.609. The van der Waals surface area contributed by atoms with E-state index in [0.717, 1.165) is 31.0 Å². The summed E-state index contributed by atoms with van der Waals surface area (Å²) in [5.74, 6) is 1.18. The van der Waals surface area contributed by atoms with E-state index in [2.05, 4.69) is 15.6 Å². The van der Waals surface area contributed by atoms with Crippen molar-refractivity contribution in [2.45, 2.75) is 77.5 Å². The molecule has 1 fully saturated rings. The van der Waals surface area contributed by atoms with Gasteiger partial charge in [-0.05, 0) is 66.0 Å². The lowest BCUT2D eigenvalue weighted by Gasteiger charge is -2.23. The van der Waals surface area contributed by atoms with Crippen LogP contribution >= 0.6 is 0 Å². The van der Waals surface area contributed by atoms with E-state index < -0.39 is 26.1 Å². The molecular formula is C23H36N6O6S2. The maximum absolute atomic E-state index is 12.0. The lowest BCUT2D eigenvalue weighted by Crippen LogP contribution is -2.35. The highest BCUT2D eigenvalue weighted by molar-refractivity contribution is 8.09. The number of anilines is 3. The average molecular weight is 557 g/mol. The summed E-state index contributed by atoms with van der Waals surface area (Å²) >= 11 is 0. The summed E-state index contributed by atoms with van der Waals surface area (Å²) in [4.78, 5) is 16.2. The molecule has 1 saturated carbocycles. The van der Waals surface area contributed by atoms with Crippen molar-refractivity contribution in [2.75, 3.05) is 21.5 Å². The molecule has 2 aromatic rings. The maximum atomic E-state index is 12.0. The highest BCUT2D eigenvalue weighted by atomic mass is 32.3. The Bertz CT molecular complexity index is 1300. The van der Waals surface area contributed by atoms with Crippen LogP contribution < -0.4 is 14.3 Å². The Morgan fingerprint density at radius 1 is 1.14 bits per heavy atom. The number of sulfonamides is 2. The molecule has 1 aliphatic rings. The number of carbonyl (C=O) groups excluding carboxylic acids is 1. The summed E-state index contributed by atoms with van der Waals surface area (Å²) in [7, 11) is -8.12. The van der Waals surface area contributed by atoms with Crippen LogP contribution in [0.4, 0.5) is 22.1 Å². The van der Waals surface area contributed by atoms with Gasteiger partial charge in [0.15, 0.2) is 0 Å². The molecular weight excluding hydrogens is 520 g/mol. The third kappa shape index (κ3) is 7.34. The van der Waals surface area contributed by atoms with Crippen LogP contribution in [0.2, 0.25) is 0 Å². The number of alkyl carbamates (subject to hydrolysis) is 1. The number of nitrogens with one attached hydrogen (secondary N) is 2. The molecule has 14 heteroatoms. The number of carbonyl (C=O) groups is 1. The third-order valence-corrected chi connectivity index (χ3v) is 8.92. The number of hydrogen-bond acceptors (Lipinski definition) is 9. The van der Waals surface area contributed by atoms with Gasteiger partial charge in [0.2, 0.25) is 20.0 Å². The molecule has 0 saturated heterocycles. The van der Waals surface area contributed by atoms with Crippen molar-refractivity contribution in [2.24, 2.45) is 0 Å². The Hall–Kier alpha value is -2.87. The van der Waals surface area contributed by atoms with Crippen LogP contribution in [0.25, 0.3) is 0 Å². The molecule has 206 valence electrons. The Kier molecular flexibility index (Phi) is 8.13. The molecule has 0 bridgehead atoms. The van der Waals surface area contributed by atoms with E-state index in [9.17, 15) is 21.6 Å². The van der Waals surface area contributed by atoms with E-state index in [1.54, 1.807) is 0 Å². The first kappa shape index (κ1) is 28.7. The molecule has 3 rings (SSSR count). The Labute approximate surface area is 218 Å². The van der Waals surface area contributed by atoms with Gasteiger partial charge < -0.3 is 15.4 Å². The fourth-order valence-electron chi connectivity index (χ4n) is 4.26. The van der Waals surface area contributed by atoms with Gasteiger partial charge in [-0.15, -0.1) is 0 Å². The maximum Gasteiger partial charge on any atom is 0.407 e. The van der Waals surface area contributed by atoms with E-state index in [-0.39, 0.29) is 29.3 Å². The molecule has 37 heavy (non-hydrogen) atoms. The second-order valence-electron chi connectivity index (χ2n) is 10.6. The second kappa shape index (κ2) is 10.5. The minimum absolute atomic E-state index is 0.00399. The highest BCUT2D eigenvalue weighted by Gasteiger charge is 2.32. The fourth-order valence-corrected chi connectivity index (χ4v) is 7.21. The average Bonchev–Trinajstić information content (AvgIpc) is 3.33. The number of ether oxygens (including phenoxy) is 1. The van der Waals surface area contributed by atoms with Crippen LogP contribution in [0.5, 0.6) is 0 Å². The number of rotatable bonds is 8. The minimum atomic E-state index is -4.06. The molecule has 0 radical (unpaired) electrons. The van der Waals surface area contributed by atoms with Crippen molar-refractivity contribution in [3.05, 3.63) is 30.1 Å². The molecule has 1 amide bonds. The van der Waals surface area contributed by atoms with Crippen LogP contribution in [0, 0.1) is 0 Å². The van der Waals surface area contributed by atoms with Crippen LogP contribution in [0.15, 0.2) is 24.4 Å². The Morgan fingerprint density at radius 2 is 1.78 bits per heavy atom. The lowest BCUT2D eigenvalue weighted by molar-refractivity contribution is 0.0981. The van der Waals surface area contributed by atoms with Crippen molar-refractivity contribution in [3.8, 4) is 0 Å². The van der Waals surface area contributed by atoms with Gasteiger partial charge in [-0.3, -0.25) is 0 Å². The second-order valence-corrected chi connectivity index (χ2v) is 14.5. The predicted molar refractivity (Wildman–Crippen MR) is 142 cm³/mol. The molecule has 2 aromatic heterocycles. The smallest absolute Gasteiger partial charge is 0.407 e. The number of aromatic nitrogens is 3. The van der Waals surface area contributed by atoms with Crippen LogP contribution in [0.3, 0.4) is 0 Å². The standard InChI is InChI=1S/C23H36N6O6S2/c1-15(2)25-22(30)35-18-10-8-16(12-18)19-13-21(28(27-19)23(3,4)5)26-20-11-9-17(14-24-20)29(36(6,31)32)37(7,33)34/h9,11,13-16,18H,8,10,12H2,1-7H3,(H,24,26)(H,25,30)/t16-,18+/m0/s1. The van der Waals surface area contributed by atoms with Gasteiger partial charge >= 0.3 is 6.09 Å². The minimum Gasteiger partial charge on any atom is -0.446 e. The largest absolute Gasteiger partial charge is 0.446 e. The molecule has 0 aliphatic heterocycles. The molecule has 2 heterocycles. The summed E-state index contributed by atoms with van der Waals surface area (Å²) in [5.41, 5.74) is 0.416. The molecule has 12 nitrogen and oxygen atoms in total. The zero-order valence-electron chi connectivity index (χ0n) is 22.2. The highest BCUT2D eigenvalue weighted by Crippen LogP contribution is 2.38. The number of hydrogen-bond donors (Lipinski definition) is 2. The quantitative estimate of drug-likeness (QED) is 0.499. The first-order valence-corrected chi connectivity index (χ1v) is 15.7. The van der Waals surface area contributed by atoms with Gasteiger partial charge in [0, 0.05) is 18.0 Å². The van der Waals surface area contributed by atoms with E-state index >= 15 is 0 Å². The van der Waals surface area contributed by atoms with Crippen molar-refractivity contribution >= 4 is 43.5 Å². The van der Waals surface area contributed by atoms with Crippen LogP contribution in [0.1, 0.15) is 65.5 Å². The van der Waals surface area contributed by atoms with E-state index in [0.29, 0.717) is 21.8 Å². The molecule has 0 unspecified atom stereocenters. The summed E-state index contributed by atoms with van der Waals surface area (Å²) in [6.07, 6.45) is 4.49. The van der Waals surface area contributed by atoms with Gasteiger partial charge in [0.1, 0.15) is 17.7 Å². The normalized spacial score (nSPS) is 18.6. The van der Waals surface area contributed by atoms with Gasteiger partial charge in [0.05, 0.1) is 35.6 Å². The zero-order valence-corrected chi connectivity index (χ0v) is 23.9. The number of amides is 1. The molecule has 0 spiro atoms. The van der Waals surface area contributed by atoms with Crippen molar-refractivity contribution < 1.29 is 26.4 Å². The molecule has 2 N–H and O–H groups in total.